The van der Waals surface area contributed by atoms with Crippen molar-refractivity contribution in [1.82, 2.24) is 20.2 Å². The number of hydrogen-bond acceptors (Lipinski definition) is 3. The largest absolute Gasteiger partial charge is 0.490 e. The number of hydrogen-bond donors (Lipinski definition) is 2. The van der Waals surface area contributed by atoms with Gasteiger partial charge in [-0.25, -0.2) is 9.37 Å². The molecule has 6 nitrogen and oxygen atoms in total. The van der Waals surface area contributed by atoms with Crippen molar-refractivity contribution in [2.45, 2.75) is 52.7 Å². The van der Waals surface area contributed by atoms with Crippen molar-refractivity contribution >= 4 is 5.96 Å². The minimum Gasteiger partial charge on any atom is -0.490 e. The molecule has 0 amide bonds. The Kier molecular flexibility index (Phi) is 7.12. The molecule has 1 aliphatic rings. The fraction of sp³-hybridized carbons (Fsp3) is 0.545. The average molecular weight is 402 g/mol. The van der Waals surface area contributed by atoms with Crippen LogP contribution in [0.2, 0.25) is 0 Å². The van der Waals surface area contributed by atoms with Crippen molar-refractivity contribution in [3.8, 4) is 5.75 Å². The maximum Gasteiger partial charge on any atom is 0.191 e. The van der Waals surface area contributed by atoms with E-state index in [4.69, 9.17) is 4.74 Å². The minimum absolute atomic E-state index is 0.108. The zero-order valence-electron chi connectivity index (χ0n) is 17.8. The highest BCUT2D eigenvalue weighted by molar-refractivity contribution is 5.80. The number of aliphatic imine (C=N–C) groups is 1. The normalized spacial score (nSPS) is 15.4. The molecule has 1 fully saturated rings. The fourth-order valence-corrected chi connectivity index (χ4v) is 3.11. The maximum atomic E-state index is 14.4. The number of benzene rings is 1. The molecule has 7 heteroatoms. The highest BCUT2D eigenvalue weighted by Gasteiger charge is 2.22. The zero-order valence-corrected chi connectivity index (χ0v) is 17.8. The lowest BCUT2D eigenvalue weighted by Gasteiger charge is -2.19. The van der Waals surface area contributed by atoms with Gasteiger partial charge in [0.25, 0.3) is 0 Å². The maximum absolute atomic E-state index is 14.4. The van der Waals surface area contributed by atoms with Crippen molar-refractivity contribution in [2.75, 3.05) is 13.7 Å². The van der Waals surface area contributed by atoms with Crippen molar-refractivity contribution in [3.63, 3.8) is 0 Å². The van der Waals surface area contributed by atoms with Crippen LogP contribution in [0.1, 0.15) is 51.0 Å². The van der Waals surface area contributed by atoms with Gasteiger partial charge in [0, 0.05) is 26.0 Å². The van der Waals surface area contributed by atoms with Crippen LogP contribution in [0.4, 0.5) is 4.39 Å². The van der Waals surface area contributed by atoms with E-state index in [1.165, 1.54) is 18.9 Å². The predicted molar refractivity (Wildman–Crippen MR) is 113 cm³/mol. The lowest BCUT2D eigenvalue weighted by molar-refractivity contribution is 0.285. The second-order valence-electron chi connectivity index (χ2n) is 8.13. The van der Waals surface area contributed by atoms with Gasteiger partial charge in [0.15, 0.2) is 17.5 Å². The van der Waals surface area contributed by atoms with Crippen LogP contribution in [0, 0.1) is 17.7 Å². The fourth-order valence-electron chi connectivity index (χ4n) is 3.11. The number of halogens is 1. The highest BCUT2D eigenvalue weighted by atomic mass is 19.1. The van der Waals surface area contributed by atoms with Crippen LogP contribution in [0.3, 0.4) is 0 Å². The Morgan fingerprint density at radius 1 is 1.34 bits per heavy atom. The molecule has 0 spiro atoms. The van der Waals surface area contributed by atoms with Gasteiger partial charge < -0.3 is 19.9 Å². The second-order valence-corrected chi connectivity index (χ2v) is 8.13. The van der Waals surface area contributed by atoms with E-state index in [0.29, 0.717) is 36.7 Å². The Balaban J connectivity index is 1.54. The number of aromatic nitrogens is 2. The second kappa shape index (κ2) is 9.76. The van der Waals surface area contributed by atoms with Gasteiger partial charge in [-0.3, -0.25) is 4.99 Å². The number of nitrogens with one attached hydrogen (secondary N) is 2. The molecule has 0 bridgehead atoms. The van der Waals surface area contributed by atoms with Crippen molar-refractivity contribution in [2.24, 2.45) is 16.8 Å². The summed E-state index contributed by atoms with van der Waals surface area (Å²) in [5, 5.41) is 6.60. The van der Waals surface area contributed by atoms with E-state index < -0.39 is 0 Å². The van der Waals surface area contributed by atoms with Gasteiger partial charge in [-0.1, -0.05) is 19.9 Å². The minimum atomic E-state index is -0.324. The third-order valence-corrected chi connectivity index (χ3v) is 4.98. The van der Waals surface area contributed by atoms with Gasteiger partial charge in [-0.2, -0.15) is 0 Å². The molecule has 0 saturated heterocycles. The Morgan fingerprint density at radius 2 is 2.14 bits per heavy atom. The average Bonchev–Trinajstić information content (AvgIpc) is 3.42. The molecule has 1 aliphatic carbocycles. The van der Waals surface area contributed by atoms with E-state index >= 15 is 0 Å². The van der Waals surface area contributed by atoms with Gasteiger partial charge in [-0.15, -0.1) is 0 Å². The topological polar surface area (TPSA) is 63.5 Å². The summed E-state index contributed by atoms with van der Waals surface area (Å²) in [4.78, 5) is 8.70. The van der Waals surface area contributed by atoms with Crippen molar-refractivity contribution in [1.29, 1.82) is 0 Å². The molecule has 1 unspecified atom stereocenters. The van der Waals surface area contributed by atoms with Gasteiger partial charge >= 0.3 is 0 Å². The molecule has 1 aromatic carbocycles. The van der Waals surface area contributed by atoms with Crippen LogP contribution < -0.4 is 15.4 Å². The summed E-state index contributed by atoms with van der Waals surface area (Å²) in [5.74, 6) is 2.75. The first kappa shape index (κ1) is 21.1. The molecule has 158 valence electrons. The lowest BCUT2D eigenvalue weighted by atomic mass is 10.1. The van der Waals surface area contributed by atoms with Gasteiger partial charge in [0.05, 0.1) is 19.2 Å². The van der Waals surface area contributed by atoms with Crippen LogP contribution in [-0.2, 0) is 13.1 Å². The van der Waals surface area contributed by atoms with Gasteiger partial charge in [-0.05, 0) is 49.3 Å². The molecule has 1 atom stereocenters. The number of rotatable bonds is 9. The Morgan fingerprint density at radius 3 is 2.79 bits per heavy atom. The summed E-state index contributed by atoms with van der Waals surface area (Å²) in [6, 6.07) is 5.03. The third kappa shape index (κ3) is 6.21. The lowest BCUT2D eigenvalue weighted by Crippen LogP contribution is -2.38. The molecular weight excluding hydrogens is 369 g/mol. The van der Waals surface area contributed by atoms with Crippen LogP contribution >= 0.6 is 0 Å². The van der Waals surface area contributed by atoms with Gasteiger partial charge in [0.2, 0.25) is 0 Å². The Bertz CT molecular complexity index is 828. The van der Waals surface area contributed by atoms with E-state index in [1.807, 2.05) is 25.4 Å². The summed E-state index contributed by atoms with van der Waals surface area (Å²) in [7, 11) is 1.72. The van der Waals surface area contributed by atoms with Crippen molar-refractivity contribution in [3.05, 3.63) is 47.8 Å². The molecule has 3 rings (SSSR count). The number of nitrogens with zero attached hydrogens (tertiary/aromatic N) is 3. The number of guanidine groups is 1. The smallest absolute Gasteiger partial charge is 0.191 e. The van der Waals surface area contributed by atoms with Crippen LogP contribution in [0.25, 0.3) is 0 Å². The number of imidazole rings is 1. The van der Waals surface area contributed by atoms with E-state index in [9.17, 15) is 4.39 Å². The molecule has 1 saturated carbocycles. The highest BCUT2D eigenvalue weighted by Crippen LogP contribution is 2.30. The molecule has 0 radical (unpaired) electrons. The summed E-state index contributed by atoms with van der Waals surface area (Å²) in [5.41, 5.74) is 0.838. The van der Waals surface area contributed by atoms with E-state index in [0.717, 1.165) is 17.9 Å². The predicted octanol–water partition coefficient (Wildman–Crippen LogP) is 3.89. The Hall–Kier alpha value is -2.57. The zero-order chi connectivity index (χ0) is 20.8. The van der Waals surface area contributed by atoms with Crippen LogP contribution in [0.15, 0.2) is 35.6 Å². The molecule has 29 heavy (non-hydrogen) atoms. The van der Waals surface area contributed by atoms with E-state index in [2.05, 4.69) is 39.0 Å². The van der Waals surface area contributed by atoms with E-state index in [1.54, 1.807) is 13.1 Å². The first-order chi connectivity index (χ1) is 14.0. The SMILES string of the molecule is CN=C(NCc1nccn1CC(C)C)NC(C)c1ccc(OCC2CC2)c(F)c1. The van der Waals surface area contributed by atoms with Crippen LogP contribution in [-0.4, -0.2) is 29.2 Å². The van der Waals surface area contributed by atoms with Crippen LogP contribution in [0.5, 0.6) is 5.75 Å². The first-order valence-electron chi connectivity index (χ1n) is 10.4. The monoisotopic (exact) mass is 401 g/mol. The molecule has 0 aliphatic heterocycles. The summed E-state index contributed by atoms with van der Waals surface area (Å²) in [6.07, 6.45) is 6.17. The standard InChI is InChI=1S/C22H32FN5O/c1-15(2)13-28-10-9-25-21(28)12-26-22(24-4)27-16(3)18-7-8-20(19(23)11-18)29-14-17-5-6-17/h7-11,15-17H,5-6,12-14H2,1-4H3,(H2,24,26,27). The molecule has 2 aromatic rings. The van der Waals surface area contributed by atoms with E-state index in [-0.39, 0.29) is 11.9 Å². The Labute approximate surface area is 172 Å². The third-order valence-electron chi connectivity index (χ3n) is 4.98. The summed E-state index contributed by atoms with van der Waals surface area (Å²) in [6.45, 7) is 8.43. The van der Waals surface area contributed by atoms with Gasteiger partial charge in [0.1, 0.15) is 5.82 Å². The molecule has 1 aromatic heterocycles. The molecule has 1 heterocycles. The molecular formula is C22H32FN5O. The first-order valence-corrected chi connectivity index (χ1v) is 10.4. The van der Waals surface area contributed by atoms with Crippen molar-refractivity contribution < 1.29 is 9.13 Å². The summed E-state index contributed by atoms with van der Waals surface area (Å²) < 4.78 is 22.1. The summed E-state index contributed by atoms with van der Waals surface area (Å²) >= 11 is 0. The number of ether oxygens (including phenoxy) is 1. The quantitative estimate of drug-likeness (QED) is 0.494. The molecule has 2 N–H and O–H groups in total.